The number of anilines is 1. The van der Waals surface area contributed by atoms with Crippen LogP contribution in [0.3, 0.4) is 0 Å². The van der Waals surface area contributed by atoms with E-state index in [2.05, 4.69) is 30.9 Å². The summed E-state index contributed by atoms with van der Waals surface area (Å²) in [6.45, 7) is 5.03. The van der Waals surface area contributed by atoms with Gasteiger partial charge in [-0.1, -0.05) is 32.4 Å². The van der Waals surface area contributed by atoms with E-state index in [1.807, 2.05) is 12.1 Å². The molecule has 0 spiro atoms. The Morgan fingerprint density at radius 2 is 1.90 bits per heavy atom. The van der Waals surface area contributed by atoms with Crippen molar-refractivity contribution in [3.63, 3.8) is 0 Å². The van der Waals surface area contributed by atoms with Crippen LogP contribution in [0, 0.1) is 11.3 Å². The molecule has 21 heavy (non-hydrogen) atoms. The van der Waals surface area contributed by atoms with Crippen LogP contribution in [0.5, 0.6) is 0 Å². The van der Waals surface area contributed by atoms with E-state index in [9.17, 15) is 4.79 Å². The fraction of sp³-hybridized carbons (Fsp3) is 0.611. The molecule has 0 saturated heterocycles. The number of benzene rings is 1. The summed E-state index contributed by atoms with van der Waals surface area (Å²) >= 11 is 0. The van der Waals surface area contributed by atoms with Crippen LogP contribution in [-0.4, -0.2) is 11.9 Å². The molecule has 1 unspecified atom stereocenters. The van der Waals surface area contributed by atoms with Crippen molar-refractivity contribution in [1.82, 2.24) is 0 Å². The smallest absolute Gasteiger partial charge is 0.230 e. The Hall–Kier alpha value is -1.35. The van der Waals surface area contributed by atoms with E-state index in [1.54, 1.807) is 0 Å². The van der Waals surface area contributed by atoms with Crippen LogP contribution in [0.15, 0.2) is 24.3 Å². The topological polar surface area (TPSA) is 46.3 Å². The lowest BCUT2D eigenvalue weighted by Gasteiger charge is -2.32. The summed E-state index contributed by atoms with van der Waals surface area (Å²) in [5.41, 5.74) is 7.96. The van der Waals surface area contributed by atoms with Crippen LogP contribution in [0.2, 0.25) is 0 Å². The molecule has 3 nitrogen and oxygen atoms in total. The van der Waals surface area contributed by atoms with Crippen LogP contribution in [0.25, 0.3) is 0 Å². The predicted molar refractivity (Wildman–Crippen MR) is 86.0 cm³/mol. The number of hydrogen-bond acceptors (Lipinski definition) is 2. The molecule has 3 rings (SSSR count). The SMILES string of the molecule is CC1(C)CCCC1C(=O)N(c1ccc(CN)cc1)C1CC1. The van der Waals surface area contributed by atoms with E-state index < -0.39 is 0 Å². The predicted octanol–water partition coefficient (Wildman–Crippen LogP) is 3.47. The van der Waals surface area contributed by atoms with Gasteiger partial charge in [-0.2, -0.15) is 0 Å². The highest BCUT2D eigenvalue weighted by atomic mass is 16.2. The highest BCUT2D eigenvalue weighted by Crippen LogP contribution is 2.45. The Labute approximate surface area is 127 Å². The Bertz CT molecular complexity index is 517. The minimum absolute atomic E-state index is 0.140. The number of nitrogens with two attached hydrogens (primary N) is 1. The van der Waals surface area contributed by atoms with Crippen LogP contribution in [0.1, 0.15) is 51.5 Å². The van der Waals surface area contributed by atoms with Gasteiger partial charge in [0.2, 0.25) is 5.91 Å². The Morgan fingerprint density at radius 3 is 2.38 bits per heavy atom. The summed E-state index contributed by atoms with van der Waals surface area (Å²) in [4.78, 5) is 15.2. The molecule has 1 aromatic carbocycles. The first-order valence-corrected chi connectivity index (χ1v) is 8.15. The van der Waals surface area contributed by atoms with E-state index >= 15 is 0 Å². The zero-order valence-corrected chi connectivity index (χ0v) is 13.1. The van der Waals surface area contributed by atoms with Crippen molar-refractivity contribution in [2.24, 2.45) is 17.1 Å². The third-order valence-corrected chi connectivity index (χ3v) is 5.16. The molecule has 0 aliphatic heterocycles. The van der Waals surface area contributed by atoms with Crippen molar-refractivity contribution in [3.8, 4) is 0 Å². The molecule has 2 aliphatic carbocycles. The lowest BCUT2D eigenvalue weighted by Crippen LogP contribution is -2.41. The van der Waals surface area contributed by atoms with Crippen molar-refractivity contribution < 1.29 is 4.79 Å². The van der Waals surface area contributed by atoms with Gasteiger partial charge in [-0.3, -0.25) is 4.79 Å². The van der Waals surface area contributed by atoms with Gasteiger partial charge in [-0.25, -0.2) is 0 Å². The van der Waals surface area contributed by atoms with Crippen molar-refractivity contribution in [2.75, 3.05) is 4.90 Å². The van der Waals surface area contributed by atoms with Gasteiger partial charge in [-0.15, -0.1) is 0 Å². The first kappa shape index (κ1) is 14.6. The van der Waals surface area contributed by atoms with Gasteiger partial charge >= 0.3 is 0 Å². The van der Waals surface area contributed by atoms with Crippen LogP contribution >= 0.6 is 0 Å². The third kappa shape index (κ3) is 2.84. The van der Waals surface area contributed by atoms with Crippen molar-refractivity contribution >= 4 is 11.6 Å². The largest absolute Gasteiger partial charge is 0.326 e. The average molecular weight is 286 g/mol. The molecule has 0 aromatic heterocycles. The number of carbonyl (C=O) groups is 1. The van der Waals surface area contributed by atoms with Crippen LogP contribution < -0.4 is 10.6 Å². The highest BCUT2D eigenvalue weighted by molar-refractivity contribution is 5.96. The fourth-order valence-electron chi connectivity index (χ4n) is 3.60. The van der Waals surface area contributed by atoms with Gasteiger partial charge in [0, 0.05) is 24.2 Å². The maximum atomic E-state index is 13.1. The van der Waals surface area contributed by atoms with E-state index in [0.29, 0.717) is 18.5 Å². The van der Waals surface area contributed by atoms with Gasteiger partial charge in [0.1, 0.15) is 0 Å². The van der Waals surface area contributed by atoms with Crippen molar-refractivity contribution in [1.29, 1.82) is 0 Å². The van der Waals surface area contributed by atoms with Gasteiger partial charge in [0.15, 0.2) is 0 Å². The molecule has 1 amide bonds. The monoisotopic (exact) mass is 286 g/mol. The minimum atomic E-state index is 0.140. The van der Waals surface area contributed by atoms with E-state index in [-0.39, 0.29) is 11.3 Å². The second-order valence-corrected chi connectivity index (χ2v) is 7.24. The van der Waals surface area contributed by atoms with Crippen molar-refractivity contribution in [3.05, 3.63) is 29.8 Å². The summed E-state index contributed by atoms with van der Waals surface area (Å²) in [7, 11) is 0. The molecule has 114 valence electrons. The number of nitrogens with zero attached hydrogens (tertiary/aromatic N) is 1. The maximum Gasteiger partial charge on any atom is 0.230 e. The molecule has 1 atom stereocenters. The number of amides is 1. The Balaban J connectivity index is 1.85. The first-order chi connectivity index (χ1) is 10.0. The fourth-order valence-corrected chi connectivity index (χ4v) is 3.60. The average Bonchev–Trinajstić information content (AvgIpc) is 3.22. The zero-order valence-electron chi connectivity index (χ0n) is 13.1. The lowest BCUT2D eigenvalue weighted by molar-refractivity contribution is -0.125. The molecule has 3 heteroatoms. The van der Waals surface area contributed by atoms with Gasteiger partial charge in [-0.05, 0) is 48.8 Å². The molecule has 2 aliphatic rings. The minimum Gasteiger partial charge on any atom is -0.326 e. The summed E-state index contributed by atoms with van der Waals surface area (Å²) in [6, 6.07) is 8.61. The second-order valence-electron chi connectivity index (χ2n) is 7.24. The highest BCUT2D eigenvalue weighted by Gasteiger charge is 2.44. The van der Waals surface area contributed by atoms with Crippen LogP contribution in [0.4, 0.5) is 5.69 Å². The van der Waals surface area contributed by atoms with Crippen molar-refractivity contribution in [2.45, 2.75) is 58.5 Å². The maximum absolute atomic E-state index is 13.1. The number of carbonyl (C=O) groups excluding carboxylic acids is 1. The number of hydrogen-bond donors (Lipinski definition) is 1. The molecular formula is C18H26N2O. The quantitative estimate of drug-likeness (QED) is 0.921. The molecule has 2 N–H and O–H groups in total. The van der Waals surface area contributed by atoms with E-state index in [1.165, 1.54) is 6.42 Å². The van der Waals surface area contributed by atoms with Crippen LogP contribution in [-0.2, 0) is 11.3 Å². The summed E-state index contributed by atoms with van der Waals surface area (Å²) in [6.07, 6.45) is 5.65. The zero-order chi connectivity index (χ0) is 15.0. The summed E-state index contributed by atoms with van der Waals surface area (Å²) < 4.78 is 0. The summed E-state index contributed by atoms with van der Waals surface area (Å²) in [5, 5.41) is 0. The Morgan fingerprint density at radius 1 is 1.24 bits per heavy atom. The molecule has 1 aromatic rings. The molecule has 0 radical (unpaired) electrons. The van der Waals surface area contributed by atoms with Gasteiger partial charge in [0.05, 0.1) is 0 Å². The third-order valence-electron chi connectivity index (χ3n) is 5.16. The molecule has 0 heterocycles. The van der Waals surface area contributed by atoms with Gasteiger partial charge < -0.3 is 10.6 Å². The number of rotatable bonds is 4. The van der Waals surface area contributed by atoms with Gasteiger partial charge in [0.25, 0.3) is 0 Å². The Kier molecular flexibility index (Phi) is 3.78. The molecule has 2 fully saturated rings. The van der Waals surface area contributed by atoms with E-state index in [0.717, 1.165) is 36.9 Å². The standard InChI is InChI=1S/C18H26N2O/c1-18(2)11-3-4-16(18)17(21)20(15-9-10-15)14-7-5-13(12-19)6-8-14/h5-8,15-16H,3-4,9-12,19H2,1-2H3. The molecule has 2 saturated carbocycles. The first-order valence-electron chi connectivity index (χ1n) is 8.15. The second kappa shape index (κ2) is 5.45. The normalized spacial score (nSPS) is 24.0. The molecular weight excluding hydrogens is 260 g/mol. The van der Waals surface area contributed by atoms with E-state index in [4.69, 9.17) is 5.73 Å². The lowest BCUT2D eigenvalue weighted by atomic mass is 9.81. The summed E-state index contributed by atoms with van der Waals surface area (Å²) in [5.74, 6) is 0.507. The molecule has 0 bridgehead atoms.